The summed E-state index contributed by atoms with van der Waals surface area (Å²) in [4.78, 5) is 27.6. The smallest absolute Gasteiger partial charge is 0.261 e. The van der Waals surface area contributed by atoms with Crippen LogP contribution in [0.15, 0.2) is 48.5 Å². The fourth-order valence-corrected chi connectivity index (χ4v) is 3.36. The van der Waals surface area contributed by atoms with Crippen LogP contribution in [0, 0.1) is 6.92 Å². The van der Waals surface area contributed by atoms with E-state index in [9.17, 15) is 9.59 Å². The molecule has 0 aromatic heterocycles. The largest absolute Gasteiger partial charge is 0.484 e. The molecule has 0 heterocycles. The van der Waals surface area contributed by atoms with Gasteiger partial charge < -0.3 is 15.0 Å². The molecule has 30 heavy (non-hydrogen) atoms. The van der Waals surface area contributed by atoms with Crippen LogP contribution in [0.25, 0.3) is 0 Å². The van der Waals surface area contributed by atoms with Gasteiger partial charge in [0.05, 0.1) is 0 Å². The zero-order valence-corrected chi connectivity index (χ0v) is 18.8. The van der Waals surface area contributed by atoms with Gasteiger partial charge in [0.1, 0.15) is 11.8 Å². The first-order valence-electron chi connectivity index (χ1n) is 10.7. The Labute approximate surface area is 180 Å². The summed E-state index contributed by atoms with van der Waals surface area (Å²) in [5.74, 6) is 0.304. The number of benzene rings is 2. The van der Waals surface area contributed by atoms with Crippen molar-refractivity contribution >= 4 is 11.8 Å². The Morgan fingerprint density at radius 1 is 1.03 bits per heavy atom. The molecular weight excluding hydrogens is 376 g/mol. The molecule has 0 aliphatic rings. The van der Waals surface area contributed by atoms with Gasteiger partial charge in [0.25, 0.3) is 5.91 Å². The molecule has 0 saturated carbocycles. The molecule has 1 atom stereocenters. The molecule has 2 amide bonds. The quantitative estimate of drug-likeness (QED) is 0.636. The Morgan fingerprint density at radius 2 is 1.73 bits per heavy atom. The number of amides is 2. The third-order valence-corrected chi connectivity index (χ3v) is 4.95. The topological polar surface area (TPSA) is 58.6 Å². The van der Waals surface area contributed by atoms with E-state index in [0.29, 0.717) is 18.7 Å². The molecule has 0 spiro atoms. The predicted molar refractivity (Wildman–Crippen MR) is 120 cm³/mol. The first-order chi connectivity index (χ1) is 14.3. The number of aryl methyl sites for hydroxylation is 2. The lowest BCUT2D eigenvalue weighted by atomic mass is 10.1. The Balaban J connectivity index is 2.18. The third-order valence-electron chi connectivity index (χ3n) is 4.95. The van der Waals surface area contributed by atoms with Gasteiger partial charge in [-0.1, -0.05) is 55.8 Å². The Kier molecular flexibility index (Phi) is 8.90. The van der Waals surface area contributed by atoms with E-state index in [4.69, 9.17) is 4.74 Å². The van der Waals surface area contributed by atoms with Gasteiger partial charge in [0, 0.05) is 12.6 Å². The molecule has 2 aromatic carbocycles. The highest BCUT2D eigenvalue weighted by Gasteiger charge is 2.29. The minimum atomic E-state index is -0.550. The van der Waals surface area contributed by atoms with Gasteiger partial charge in [-0.05, 0) is 56.9 Å². The Bertz CT molecular complexity index is 831. The summed E-state index contributed by atoms with van der Waals surface area (Å²) in [6.07, 6.45) is 1.48. The summed E-state index contributed by atoms with van der Waals surface area (Å²) >= 11 is 0. The number of nitrogens with zero attached hydrogens (tertiary/aromatic N) is 1. The summed E-state index contributed by atoms with van der Waals surface area (Å²) in [5.41, 5.74) is 3.32. The lowest BCUT2D eigenvalue weighted by molar-refractivity contribution is -0.143. The van der Waals surface area contributed by atoms with Crippen molar-refractivity contribution in [1.82, 2.24) is 10.2 Å². The van der Waals surface area contributed by atoms with Crippen LogP contribution in [-0.2, 0) is 22.6 Å². The molecule has 0 bridgehead atoms. The van der Waals surface area contributed by atoms with Crippen molar-refractivity contribution in [3.63, 3.8) is 0 Å². The van der Waals surface area contributed by atoms with E-state index in [0.717, 1.165) is 17.5 Å². The van der Waals surface area contributed by atoms with Crippen molar-refractivity contribution in [2.75, 3.05) is 6.61 Å². The van der Waals surface area contributed by atoms with Crippen LogP contribution in [0.4, 0.5) is 0 Å². The maximum atomic E-state index is 13.1. The Hall–Kier alpha value is -2.82. The number of hydrogen-bond donors (Lipinski definition) is 1. The number of hydrogen-bond acceptors (Lipinski definition) is 3. The molecule has 0 aliphatic heterocycles. The maximum Gasteiger partial charge on any atom is 0.261 e. The molecule has 162 valence electrons. The van der Waals surface area contributed by atoms with Gasteiger partial charge >= 0.3 is 0 Å². The van der Waals surface area contributed by atoms with Gasteiger partial charge in [-0.15, -0.1) is 0 Å². The second-order valence-electron chi connectivity index (χ2n) is 7.88. The zero-order chi connectivity index (χ0) is 22.1. The molecule has 2 rings (SSSR count). The number of carbonyl (C=O) groups excluding carboxylic acids is 2. The third kappa shape index (κ3) is 6.90. The molecule has 0 fully saturated rings. The van der Waals surface area contributed by atoms with Crippen molar-refractivity contribution in [1.29, 1.82) is 0 Å². The minimum absolute atomic E-state index is 0.0100. The average molecular weight is 411 g/mol. The van der Waals surface area contributed by atoms with Crippen molar-refractivity contribution in [3.05, 3.63) is 65.2 Å². The van der Waals surface area contributed by atoms with Crippen molar-refractivity contribution in [2.24, 2.45) is 0 Å². The average Bonchev–Trinajstić information content (AvgIpc) is 2.71. The van der Waals surface area contributed by atoms with Crippen LogP contribution in [0.5, 0.6) is 5.75 Å². The van der Waals surface area contributed by atoms with E-state index in [1.807, 2.05) is 76.2 Å². The van der Waals surface area contributed by atoms with Gasteiger partial charge in [0.15, 0.2) is 6.61 Å². The number of carbonyl (C=O) groups is 2. The fraction of sp³-hybridized carbons (Fsp3) is 0.440. The molecule has 0 radical (unpaired) electrons. The minimum Gasteiger partial charge on any atom is -0.484 e. The summed E-state index contributed by atoms with van der Waals surface area (Å²) in [7, 11) is 0. The summed E-state index contributed by atoms with van der Waals surface area (Å²) in [6.45, 7) is 10.1. The number of rotatable bonds is 10. The van der Waals surface area contributed by atoms with Crippen LogP contribution in [-0.4, -0.2) is 35.4 Å². The monoisotopic (exact) mass is 410 g/mol. The lowest BCUT2D eigenvalue weighted by Gasteiger charge is -2.31. The number of nitrogens with one attached hydrogen (secondary N) is 1. The molecular formula is C25H34N2O3. The standard InChI is InChI=1S/C25H34N2O3/c1-6-20-11-13-22(14-12-20)30-17-24(28)27(16-21-10-8-9-19(5)15-21)23(7-2)25(29)26-18(3)4/h8-15,18,23H,6-7,16-17H2,1-5H3,(H,26,29)/t23-/m0/s1. The van der Waals surface area contributed by atoms with Gasteiger partial charge in [-0.25, -0.2) is 0 Å². The molecule has 5 heteroatoms. The van der Waals surface area contributed by atoms with E-state index < -0.39 is 6.04 Å². The predicted octanol–water partition coefficient (Wildman–Crippen LogP) is 4.27. The molecule has 2 aromatic rings. The van der Waals surface area contributed by atoms with Crippen molar-refractivity contribution in [2.45, 2.75) is 66.1 Å². The molecule has 5 nitrogen and oxygen atoms in total. The molecule has 0 unspecified atom stereocenters. The van der Waals surface area contributed by atoms with E-state index in [-0.39, 0.29) is 24.5 Å². The summed E-state index contributed by atoms with van der Waals surface area (Å²) in [6, 6.07) is 15.2. The summed E-state index contributed by atoms with van der Waals surface area (Å²) < 4.78 is 5.74. The highest BCUT2D eigenvalue weighted by atomic mass is 16.5. The first kappa shape index (κ1) is 23.5. The molecule has 0 aliphatic carbocycles. The van der Waals surface area contributed by atoms with Gasteiger partial charge in [-0.2, -0.15) is 0 Å². The van der Waals surface area contributed by atoms with Crippen LogP contribution < -0.4 is 10.1 Å². The molecule has 1 N–H and O–H groups in total. The Morgan fingerprint density at radius 3 is 2.30 bits per heavy atom. The fourth-order valence-electron chi connectivity index (χ4n) is 3.36. The van der Waals surface area contributed by atoms with Crippen molar-refractivity contribution in [3.8, 4) is 5.75 Å². The summed E-state index contributed by atoms with van der Waals surface area (Å²) in [5, 5.41) is 2.94. The van der Waals surface area contributed by atoms with E-state index in [2.05, 4.69) is 12.2 Å². The second kappa shape index (κ2) is 11.4. The SMILES string of the molecule is CCc1ccc(OCC(=O)N(Cc2cccc(C)c2)[C@@H](CC)C(=O)NC(C)C)cc1. The van der Waals surface area contributed by atoms with Gasteiger partial charge in [-0.3, -0.25) is 9.59 Å². The van der Waals surface area contributed by atoms with E-state index >= 15 is 0 Å². The normalized spacial score (nSPS) is 11.8. The van der Waals surface area contributed by atoms with Gasteiger partial charge in [0.2, 0.25) is 5.91 Å². The lowest BCUT2D eigenvalue weighted by Crippen LogP contribution is -2.51. The first-order valence-corrected chi connectivity index (χ1v) is 10.7. The second-order valence-corrected chi connectivity index (χ2v) is 7.88. The van der Waals surface area contributed by atoms with Crippen LogP contribution in [0.1, 0.15) is 50.8 Å². The highest BCUT2D eigenvalue weighted by Crippen LogP contribution is 2.16. The van der Waals surface area contributed by atoms with E-state index in [1.165, 1.54) is 5.56 Å². The van der Waals surface area contributed by atoms with Crippen LogP contribution in [0.3, 0.4) is 0 Å². The van der Waals surface area contributed by atoms with E-state index in [1.54, 1.807) is 4.90 Å². The van der Waals surface area contributed by atoms with Crippen molar-refractivity contribution < 1.29 is 14.3 Å². The number of ether oxygens (including phenoxy) is 1. The van der Waals surface area contributed by atoms with Crippen LogP contribution in [0.2, 0.25) is 0 Å². The maximum absolute atomic E-state index is 13.1. The molecule has 0 saturated heterocycles. The van der Waals surface area contributed by atoms with Crippen LogP contribution >= 0.6 is 0 Å². The highest BCUT2D eigenvalue weighted by molar-refractivity contribution is 5.88. The zero-order valence-electron chi connectivity index (χ0n) is 18.8.